The number of benzene rings is 2. The minimum absolute atomic E-state index is 0.0636. The fourth-order valence-electron chi connectivity index (χ4n) is 1.61. The zero-order valence-corrected chi connectivity index (χ0v) is 11.8. The van der Waals surface area contributed by atoms with Gasteiger partial charge in [0, 0.05) is 11.8 Å². The van der Waals surface area contributed by atoms with Crippen LogP contribution in [0.15, 0.2) is 36.4 Å². The molecule has 0 aliphatic carbocycles. The third-order valence-corrected chi connectivity index (χ3v) is 3.28. The number of nitrogens with one attached hydrogen (secondary N) is 1. The van der Waals surface area contributed by atoms with Gasteiger partial charge in [-0.2, -0.15) is 0 Å². The molecule has 0 heterocycles. The first kappa shape index (κ1) is 15.2. The minimum Gasteiger partial charge on any atom is -0.322 e. The predicted molar refractivity (Wildman–Crippen MR) is 77.5 cm³/mol. The molecule has 0 atom stereocenters. The van der Waals surface area contributed by atoms with Crippen LogP contribution in [-0.2, 0) is 0 Å². The fraction of sp³-hybridized carbons (Fsp3) is 0. The highest BCUT2D eigenvalue weighted by Crippen LogP contribution is 2.28. The molecule has 2 aromatic carbocycles. The summed E-state index contributed by atoms with van der Waals surface area (Å²) in [6.45, 7) is 0. The predicted octanol–water partition coefficient (Wildman–Crippen LogP) is 4.29. The van der Waals surface area contributed by atoms with E-state index in [0.29, 0.717) is 0 Å². The summed E-state index contributed by atoms with van der Waals surface area (Å²) >= 11 is 11.4. The Balaban J connectivity index is 2.30. The van der Waals surface area contributed by atoms with Gasteiger partial charge in [0.2, 0.25) is 0 Å². The summed E-state index contributed by atoms with van der Waals surface area (Å²) in [7, 11) is 0. The number of nitro groups is 1. The van der Waals surface area contributed by atoms with Crippen molar-refractivity contribution in [1.82, 2.24) is 0 Å². The maximum Gasteiger partial charge on any atom is 0.288 e. The van der Waals surface area contributed by atoms with Crippen molar-refractivity contribution in [2.45, 2.75) is 0 Å². The molecular weight excluding hydrogens is 322 g/mol. The van der Waals surface area contributed by atoms with Crippen molar-refractivity contribution < 1.29 is 14.1 Å². The summed E-state index contributed by atoms with van der Waals surface area (Å²) in [5.74, 6) is -1.28. The van der Waals surface area contributed by atoms with Crippen molar-refractivity contribution in [3.63, 3.8) is 0 Å². The molecule has 1 N–H and O–H groups in total. The lowest BCUT2D eigenvalue weighted by Crippen LogP contribution is -2.13. The van der Waals surface area contributed by atoms with Gasteiger partial charge in [0.15, 0.2) is 0 Å². The summed E-state index contributed by atoms with van der Waals surface area (Å²) in [6.07, 6.45) is 0. The van der Waals surface area contributed by atoms with E-state index in [4.69, 9.17) is 23.2 Å². The van der Waals surface area contributed by atoms with Gasteiger partial charge in [-0.3, -0.25) is 14.9 Å². The number of hydrogen-bond donors (Lipinski definition) is 1. The Labute approximate surface area is 128 Å². The number of carbonyl (C=O) groups excluding carboxylic acids is 1. The molecule has 0 aromatic heterocycles. The van der Waals surface area contributed by atoms with Crippen LogP contribution in [0.1, 0.15) is 10.4 Å². The van der Waals surface area contributed by atoms with Crippen molar-refractivity contribution >= 4 is 40.5 Å². The van der Waals surface area contributed by atoms with E-state index in [9.17, 15) is 19.3 Å². The third kappa shape index (κ3) is 3.29. The van der Waals surface area contributed by atoms with E-state index in [1.165, 1.54) is 30.3 Å². The van der Waals surface area contributed by atoms with Gasteiger partial charge in [0.1, 0.15) is 10.8 Å². The molecule has 0 aliphatic heterocycles. The van der Waals surface area contributed by atoms with Crippen LogP contribution in [-0.4, -0.2) is 10.8 Å². The van der Waals surface area contributed by atoms with Crippen LogP contribution < -0.4 is 5.32 Å². The smallest absolute Gasteiger partial charge is 0.288 e. The summed E-state index contributed by atoms with van der Waals surface area (Å²) in [5.41, 5.74) is -0.193. The second-order valence-corrected chi connectivity index (χ2v) is 4.76. The molecule has 0 fully saturated rings. The van der Waals surface area contributed by atoms with Gasteiger partial charge < -0.3 is 5.32 Å². The van der Waals surface area contributed by atoms with Crippen LogP contribution in [0.3, 0.4) is 0 Å². The van der Waals surface area contributed by atoms with Gasteiger partial charge in [0.05, 0.1) is 15.5 Å². The summed E-state index contributed by atoms with van der Waals surface area (Å²) < 4.78 is 13.0. The van der Waals surface area contributed by atoms with Gasteiger partial charge in [-0.15, -0.1) is 0 Å². The van der Waals surface area contributed by atoms with Crippen molar-refractivity contribution in [1.29, 1.82) is 0 Å². The molecule has 108 valence electrons. The molecule has 21 heavy (non-hydrogen) atoms. The Morgan fingerprint density at radius 2 is 1.95 bits per heavy atom. The van der Waals surface area contributed by atoms with Gasteiger partial charge in [-0.1, -0.05) is 29.3 Å². The Morgan fingerprint density at radius 3 is 2.57 bits per heavy atom. The highest BCUT2D eigenvalue weighted by molar-refractivity contribution is 6.36. The molecule has 0 saturated carbocycles. The standard InChI is InChI=1S/C13H7Cl2FN2O3/c14-9-6-7(4-5-10(9)16)17-13(19)8-2-1-3-11(12(8)15)18(20)21/h1-6H,(H,17,19). The number of hydrogen-bond acceptors (Lipinski definition) is 3. The van der Waals surface area contributed by atoms with Crippen LogP contribution >= 0.6 is 23.2 Å². The summed E-state index contributed by atoms with van der Waals surface area (Å²) in [4.78, 5) is 22.1. The number of nitro benzene ring substituents is 1. The molecule has 1 amide bonds. The lowest BCUT2D eigenvalue weighted by atomic mass is 10.2. The first-order valence-electron chi connectivity index (χ1n) is 5.59. The maximum absolute atomic E-state index is 13.0. The number of anilines is 1. The van der Waals surface area contributed by atoms with E-state index in [2.05, 4.69) is 5.32 Å². The van der Waals surface area contributed by atoms with Crippen molar-refractivity contribution in [3.8, 4) is 0 Å². The average molecular weight is 329 g/mol. The van der Waals surface area contributed by atoms with E-state index < -0.39 is 16.6 Å². The van der Waals surface area contributed by atoms with Crippen molar-refractivity contribution in [2.75, 3.05) is 5.32 Å². The zero-order chi connectivity index (χ0) is 15.6. The molecule has 5 nitrogen and oxygen atoms in total. The van der Waals surface area contributed by atoms with E-state index in [1.54, 1.807) is 0 Å². The van der Waals surface area contributed by atoms with Crippen molar-refractivity contribution in [3.05, 3.63) is 67.9 Å². The van der Waals surface area contributed by atoms with Crippen LogP contribution in [0.4, 0.5) is 15.8 Å². The van der Waals surface area contributed by atoms with Crippen LogP contribution in [0.2, 0.25) is 10.0 Å². The average Bonchev–Trinajstić information content (AvgIpc) is 2.42. The molecule has 0 bridgehead atoms. The number of nitrogens with zero attached hydrogens (tertiary/aromatic N) is 1. The molecule has 8 heteroatoms. The molecule has 0 saturated heterocycles. The van der Waals surface area contributed by atoms with E-state index in [1.807, 2.05) is 0 Å². The van der Waals surface area contributed by atoms with Gasteiger partial charge >= 0.3 is 0 Å². The number of carbonyl (C=O) groups is 1. The molecule has 2 aromatic rings. The number of rotatable bonds is 3. The Kier molecular flexibility index (Phi) is 4.40. The first-order valence-corrected chi connectivity index (χ1v) is 6.35. The van der Waals surface area contributed by atoms with E-state index in [0.717, 1.165) is 6.07 Å². The molecular formula is C13H7Cl2FN2O3. The normalized spacial score (nSPS) is 10.2. The Hall–Kier alpha value is -2.18. The maximum atomic E-state index is 13.0. The van der Waals surface area contributed by atoms with Gasteiger partial charge in [0.25, 0.3) is 11.6 Å². The quantitative estimate of drug-likeness (QED) is 0.674. The topological polar surface area (TPSA) is 72.2 Å². The number of halogens is 3. The highest BCUT2D eigenvalue weighted by Gasteiger charge is 2.20. The summed E-state index contributed by atoms with van der Waals surface area (Å²) in [6, 6.07) is 7.50. The fourth-order valence-corrected chi connectivity index (χ4v) is 2.07. The third-order valence-electron chi connectivity index (χ3n) is 2.60. The van der Waals surface area contributed by atoms with Gasteiger partial charge in [-0.05, 0) is 24.3 Å². The molecule has 2 rings (SSSR count). The number of amides is 1. The molecule has 0 aliphatic rings. The van der Waals surface area contributed by atoms with E-state index in [-0.39, 0.29) is 27.0 Å². The summed E-state index contributed by atoms with van der Waals surface area (Å²) in [5, 5.41) is 12.8. The lowest BCUT2D eigenvalue weighted by Gasteiger charge is -2.07. The first-order chi connectivity index (χ1) is 9.90. The van der Waals surface area contributed by atoms with Crippen LogP contribution in [0.5, 0.6) is 0 Å². The second-order valence-electron chi connectivity index (χ2n) is 3.98. The van der Waals surface area contributed by atoms with Gasteiger partial charge in [-0.25, -0.2) is 4.39 Å². The van der Waals surface area contributed by atoms with E-state index >= 15 is 0 Å². The second kappa shape index (κ2) is 6.07. The van der Waals surface area contributed by atoms with Crippen LogP contribution in [0, 0.1) is 15.9 Å². The van der Waals surface area contributed by atoms with Crippen molar-refractivity contribution in [2.24, 2.45) is 0 Å². The molecule has 0 spiro atoms. The monoisotopic (exact) mass is 328 g/mol. The minimum atomic E-state index is -0.687. The molecule has 0 radical (unpaired) electrons. The Morgan fingerprint density at radius 1 is 1.24 bits per heavy atom. The lowest BCUT2D eigenvalue weighted by molar-refractivity contribution is -0.384. The Bertz CT molecular complexity index is 737. The highest BCUT2D eigenvalue weighted by atomic mass is 35.5. The largest absolute Gasteiger partial charge is 0.322 e. The molecule has 0 unspecified atom stereocenters. The zero-order valence-electron chi connectivity index (χ0n) is 10.3. The van der Waals surface area contributed by atoms with Crippen LogP contribution in [0.25, 0.3) is 0 Å². The SMILES string of the molecule is O=C(Nc1ccc(F)c(Cl)c1)c1cccc([N+](=O)[O-])c1Cl.